The van der Waals surface area contributed by atoms with Gasteiger partial charge in [0.25, 0.3) is 11.6 Å². The van der Waals surface area contributed by atoms with Crippen LogP contribution >= 0.6 is 34.5 Å². The molecule has 82 valence electrons. The minimum absolute atomic E-state index is 0.00368. The molecule has 8 heteroatoms. The van der Waals surface area contributed by atoms with Crippen molar-refractivity contribution in [1.82, 2.24) is 5.32 Å². The van der Waals surface area contributed by atoms with Gasteiger partial charge in [-0.3, -0.25) is 14.9 Å². The lowest BCUT2D eigenvalue weighted by Gasteiger charge is -1.97. The number of halogens is 2. The van der Waals surface area contributed by atoms with Gasteiger partial charge in [0.05, 0.1) is 4.92 Å². The van der Waals surface area contributed by atoms with Crippen LogP contribution in [0.25, 0.3) is 0 Å². The van der Waals surface area contributed by atoms with Crippen LogP contribution in [0, 0.1) is 10.1 Å². The molecule has 0 bridgehead atoms. The Hall–Kier alpha value is -0.850. The number of nitrogens with zero attached hydrogens (tertiary/aromatic N) is 1. The molecule has 1 heterocycles. The second-order valence-electron chi connectivity index (χ2n) is 2.47. The average Bonchev–Trinajstić information content (AvgIpc) is 2.56. The zero-order chi connectivity index (χ0) is 11.4. The van der Waals surface area contributed by atoms with Crippen molar-refractivity contribution >= 4 is 46.1 Å². The highest BCUT2D eigenvalue weighted by molar-refractivity contribution is 7.18. The number of carbonyl (C=O) groups is 1. The molecule has 0 saturated heterocycles. The summed E-state index contributed by atoms with van der Waals surface area (Å²) < 4.78 is -0.00368. The molecular formula is C7H6Cl2N2O3S. The fourth-order valence-electron chi connectivity index (χ4n) is 0.843. The van der Waals surface area contributed by atoms with Crippen molar-refractivity contribution in [2.45, 2.75) is 0 Å². The van der Waals surface area contributed by atoms with E-state index in [-0.39, 0.29) is 20.8 Å². The topological polar surface area (TPSA) is 72.2 Å². The van der Waals surface area contributed by atoms with Crippen LogP contribution in [0.1, 0.15) is 9.67 Å². The minimum Gasteiger partial charge on any atom is -0.350 e. The molecule has 0 spiro atoms. The van der Waals surface area contributed by atoms with Gasteiger partial charge in [-0.05, 0) is 0 Å². The van der Waals surface area contributed by atoms with E-state index < -0.39 is 10.8 Å². The van der Waals surface area contributed by atoms with Crippen molar-refractivity contribution in [3.8, 4) is 0 Å². The lowest BCUT2D eigenvalue weighted by Crippen LogP contribution is -2.24. The van der Waals surface area contributed by atoms with E-state index in [1.54, 1.807) is 0 Å². The summed E-state index contributed by atoms with van der Waals surface area (Å²) in [6.07, 6.45) is 0. The van der Waals surface area contributed by atoms with Crippen molar-refractivity contribution in [2.75, 3.05) is 12.4 Å². The molecule has 0 atom stereocenters. The quantitative estimate of drug-likeness (QED) is 0.517. The van der Waals surface area contributed by atoms with Gasteiger partial charge in [0.1, 0.15) is 4.88 Å². The van der Waals surface area contributed by atoms with E-state index in [0.29, 0.717) is 6.54 Å². The first-order valence-electron chi connectivity index (χ1n) is 3.84. The maximum Gasteiger partial charge on any atom is 0.299 e. The summed E-state index contributed by atoms with van der Waals surface area (Å²) in [5.74, 6) is -0.122. The Bertz CT molecular complexity index is 394. The second kappa shape index (κ2) is 5.29. The average molecular weight is 269 g/mol. The second-order valence-corrected chi connectivity index (χ2v) is 4.50. The predicted molar refractivity (Wildman–Crippen MR) is 59.0 cm³/mol. The van der Waals surface area contributed by atoms with Crippen molar-refractivity contribution < 1.29 is 9.72 Å². The maximum atomic E-state index is 11.4. The molecule has 0 aromatic carbocycles. The standard InChI is InChI=1S/C7H6Cl2N2O3S/c8-1-2-10-7(12)5-3-4(11(13)14)6(9)15-5/h3H,1-2H2,(H,10,12). The maximum absolute atomic E-state index is 11.4. The number of nitro groups is 1. The van der Waals surface area contributed by atoms with Crippen LogP contribution in [-0.2, 0) is 0 Å². The Kier molecular flexibility index (Phi) is 4.31. The van der Waals surface area contributed by atoms with Crippen LogP contribution in [0.5, 0.6) is 0 Å². The number of amides is 1. The van der Waals surface area contributed by atoms with Gasteiger partial charge in [0, 0.05) is 18.5 Å². The summed E-state index contributed by atoms with van der Waals surface area (Å²) in [5, 5.41) is 12.9. The third-order valence-electron chi connectivity index (χ3n) is 1.47. The number of carbonyl (C=O) groups excluding carboxylic acids is 1. The lowest BCUT2D eigenvalue weighted by atomic mass is 10.4. The number of hydrogen-bond donors (Lipinski definition) is 1. The van der Waals surface area contributed by atoms with Crippen LogP contribution < -0.4 is 5.32 Å². The molecule has 1 rings (SSSR count). The van der Waals surface area contributed by atoms with Gasteiger partial charge >= 0.3 is 0 Å². The summed E-state index contributed by atoms with van der Waals surface area (Å²) >= 11 is 11.8. The van der Waals surface area contributed by atoms with E-state index in [0.717, 1.165) is 17.4 Å². The van der Waals surface area contributed by atoms with E-state index in [2.05, 4.69) is 5.32 Å². The Labute approximate surface area is 99.1 Å². The fraction of sp³-hybridized carbons (Fsp3) is 0.286. The zero-order valence-electron chi connectivity index (χ0n) is 7.33. The summed E-state index contributed by atoms with van der Waals surface area (Å²) in [7, 11) is 0. The van der Waals surface area contributed by atoms with Crippen molar-refractivity contribution in [3.05, 3.63) is 25.4 Å². The smallest absolute Gasteiger partial charge is 0.299 e. The summed E-state index contributed by atoms with van der Waals surface area (Å²) in [6, 6.07) is 1.15. The van der Waals surface area contributed by atoms with Gasteiger partial charge < -0.3 is 5.32 Å². The molecule has 1 aromatic heterocycles. The van der Waals surface area contributed by atoms with Crippen molar-refractivity contribution in [1.29, 1.82) is 0 Å². The SMILES string of the molecule is O=C(NCCCl)c1cc([N+](=O)[O-])c(Cl)s1. The predicted octanol–water partition coefficient (Wildman–Crippen LogP) is 2.28. The van der Waals surface area contributed by atoms with Crippen LogP contribution in [0.4, 0.5) is 5.69 Å². The summed E-state index contributed by atoms with van der Waals surface area (Å²) in [6.45, 7) is 0.309. The molecule has 1 amide bonds. The molecule has 0 fully saturated rings. The minimum atomic E-state index is -0.628. The summed E-state index contributed by atoms with van der Waals surface area (Å²) in [5.41, 5.74) is -0.252. The van der Waals surface area contributed by atoms with Crippen molar-refractivity contribution in [2.24, 2.45) is 0 Å². The highest BCUT2D eigenvalue weighted by Crippen LogP contribution is 2.33. The first-order valence-corrected chi connectivity index (χ1v) is 5.57. The van der Waals surface area contributed by atoms with Gasteiger partial charge in [-0.2, -0.15) is 0 Å². The molecule has 1 N–H and O–H groups in total. The molecule has 1 aromatic rings. The Balaban J connectivity index is 2.83. The van der Waals surface area contributed by atoms with Gasteiger partial charge in [-0.25, -0.2) is 0 Å². The fourth-order valence-corrected chi connectivity index (χ4v) is 2.08. The Morgan fingerprint density at radius 2 is 2.33 bits per heavy atom. The molecule has 15 heavy (non-hydrogen) atoms. The van der Waals surface area contributed by atoms with E-state index in [1.165, 1.54) is 0 Å². The van der Waals surface area contributed by atoms with Crippen LogP contribution in [0.15, 0.2) is 6.07 Å². The normalized spacial score (nSPS) is 10.0. The molecule has 0 aliphatic rings. The number of thiophene rings is 1. The summed E-state index contributed by atoms with van der Waals surface area (Å²) in [4.78, 5) is 21.4. The molecule has 0 aliphatic heterocycles. The van der Waals surface area contributed by atoms with E-state index >= 15 is 0 Å². The monoisotopic (exact) mass is 268 g/mol. The van der Waals surface area contributed by atoms with Gasteiger partial charge in [0.15, 0.2) is 4.34 Å². The van der Waals surface area contributed by atoms with E-state index in [9.17, 15) is 14.9 Å². The van der Waals surface area contributed by atoms with E-state index in [4.69, 9.17) is 23.2 Å². The van der Waals surface area contributed by atoms with Crippen LogP contribution in [0.3, 0.4) is 0 Å². The Morgan fingerprint density at radius 1 is 1.67 bits per heavy atom. The molecular weight excluding hydrogens is 263 g/mol. The largest absolute Gasteiger partial charge is 0.350 e. The highest BCUT2D eigenvalue weighted by Gasteiger charge is 2.20. The third kappa shape index (κ3) is 3.05. The van der Waals surface area contributed by atoms with Crippen LogP contribution in [-0.4, -0.2) is 23.3 Å². The van der Waals surface area contributed by atoms with Crippen molar-refractivity contribution in [3.63, 3.8) is 0 Å². The lowest BCUT2D eigenvalue weighted by molar-refractivity contribution is -0.384. The first kappa shape index (κ1) is 12.2. The number of hydrogen-bond acceptors (Lipinski definition) is 4. The van der Waals surface area contributed by atoms with Crippen LogP contribution in [0.2, 0.25) is 4.34 Å². The number of alkyl halides is 1. The molecule has 0 radical (unpaired) electrons. The van der Waals surface area contributed by atoms with E-state index in [1.807, 2.05) is 0 Å². The Morgan fingerprint density at radius 3 is 2.80 bits per heavy atom. The first-order chi connectivity index (χ1) is 7.06. The van der Waals surface area contributed by atoms with Gasteiger partial charge in [-0.15, -0.1) is 22.9 Å². The number of rotatable bonds is 4. The zero-order valence-corrected chi connectivity index (χ0v) is 9.66. The number of nitrogens with one attached hydrogen (secondary N) is 1. The van der Waals surface area contributed by atoms with Gasteiger partial charge in [0.2, 0.25) is 0 Å². The third-order valence-corrected chi connectivity index (χ3v) is 2.99. The molecule has 5 nitrogen and oxygen atoms in total. The molecule has 0 unspecified atom stereocenters. The molecule has 0 aliphatic carbocycles. The molecule has 0 saturated carbocycles. The highest BCUT2D eigenvalue weighted by atomic mass is 35.5. The van der Waals surface area contributed by atoms with Gasteiger partial charge in [-0.1, -0.05) is 11.6 Å².